The van der Waals surface area contributed by atoms with Gasteiger partial charge in [-0.25, -0.2) is 15.0 Å². The van der Waals surface area contributed by atoms with Crippen LogP contribution in [0.2, 0.25) is 0 Å². The van der Waals surface area contributed by atoms with Gasteiger partial charge < -0.3 is 20.1 Å². The Bertz CT molecular complexity index is 1380. The van der Waals surface area contributed by atoms with Gasteiger partial charge in [0.2, 0.25) is 5.88 Å². The van der Waals surface area contributed by atoms with E-state index in [1.807, 2.05) is 38.2 Å². The fraction of sp³-hybridized carbons (Fsp3) is 0.167. The predicted molar refractivity (Wildman–Crippen MR) is 123 cm³/mol. The molecule has 0 unspecified atom stereocenters. The molecule has 6 bridgehead atoms. The van der Waals surface area contributed by atoms with Gasteiger partial charge in [0.1, 0.15) is 42.1 Å². The lowest BCUT2D eigenvalue weighted by Gasteiger charge is -2.11. The second-order valence-electron chi connectivity index (χ2n) is 7.15. The van der Waals surface area contributed by atoms with E-state index in [0.29, 0.717) is 36.4 Å². The summed E-state index contributed by atoms with van der Waals surface area (Å²) < 4.78 is 11.6. The number of hydrogen-bond donors (Lipinski definition) is 2. The quantitative estimate of drug-likeness (QED) is 0.447. The summed E-state index contributed by atoms with van der Waals surface area (Å²) in [7, 11) is 1.83. The second kappa shape index (κ2) is 8.40. The van der Waals surface area contributed by atoms with E-state index >= 15 is 0 Å². The van der Waals surface area contributed by atoms with Crippen LogP contribution in [0.25, 0.3) is 10.8 Å². The fourth-order valence-electron chi connectivity index (χ4n) is 3.36. The molecule has 32 heavy (non-hydrogen) atoms. The molecule has 0 saturated heterocycles. The maximum absolute atomic E-state index is 5.89. The van der Waals surface area contributed by atoms with Crippen LogP contribution < -0.4 is 20.1 Å². The SMILES string of the molecule is CNc1ncc2c3cc(ncc13)Nc1cccc(n1)OCCOc1cc(ncc1C)C#C2. The molecule has 5 rings (SSSR count). The minimum absolute atomic E-state index is 0.355. The first-order valence-corrected chi connectivity index (χ1v) is 10.1. The van der Waals surface area contributed by atoms with Gasteiger partial charge in [-0.2, -0.15) is 4.98 Å². The minimum Gasteiger partial charge on any atom is -0.490 e. The summed E-state index contributed by atoms with van der Waals surface area (Å²) >= 11 is 0. The normalized spacial score (nSPS) is 12.6. The molecule has 8 heteroatoms. The molecule has 5 heterocycles. The van der Waals surface area contributed by atoms with Crippen LogP contribution in [0.3, 0.4) is 0 Å². The van der Waals surface area contributed by atoms with E-state index in [0.717, 1.165) is 33.5 Å². The van der Waals surface area contributed by atoms with Crippen molar-refractivity contribution in [2.24, 2.45) is 0 Å². The van der Waals surface area contributed by atoms with Crippen LogP contribution in [-0.4, -0.2) is 40.2 Å². The third-order valence-corrected chi connectivity index (χ3v) is 4.96. The zero-order valence-electron chi connectivity index (χ0n) is 17.6. The molecule has 2 N–H and O–H groups in total. The highest BCUT2D eigenvalue weighted by molar-refractivity contribution is 5.96. The molecule has 0 atom stereocenters. The van der Waals surface area contributed by atoms with E-state index in [1.165, 1.54) is 0 Å². The largest absolute Gasteiger partial charge is 0.490 e. The van der Waals surface area contributed by atoms with Crippen LogP contribution in [0.4, 0.5) is 17.5 Å². The van der Waals surface area contributed by atoms with Crippen LogP contribution in [-0.2, 0) is 0 Å². The second-order valence-corrected chi connectivity index (χ2v) is 7.15. The van der Waals surface area contributed by atoms with Crippen molar-refractivity contribution < 1.29 is 9.47 Å². The molecule has 0 aliphatic carbocycles. The maximum atomic E-state index is 5.89. The first-order valence-electron chi connectivity index (χ1n) is 10.1. The van der Waals surface area contributed by atoms with E-state index in [1.54, 1.807) is 24.7 Å². The number of aromatic nitrogens is 4. The van der Waals surface area contributed by atoms with Crippen LogP contribution in [0.5, 0.6) is 11.6 Å². The summed E-state index contributed by atoms with van der Waals surface area (Å²) in [5.74, 6) is 9.56. The minimum atomic E-state index is 0.355. The van der Waals surface area contributed by atoms with Crippen molar-refractivity contribution >= 4 is 28.2 Å². The highest BCUT2D eigenvalue weighted by atomic mass is 16.5. The number of fused-ring (bicyclic) bond motifs is 5. The monoisotopic (exact) mass is 424 g/mol. The average Bonchev–Trinajstić information content (AvgIpc) is 2.81. The Morgan fingerprint density at radius 1 is 0.938 bits per heavy atom. The lowest BCUT2D eigenvalue weighted by Crippen LogP contribution is -2.11. The van der Waals surface area contributed by atoms with Crippen molar-refractivity contribution in [3.8, 4) is 23.5 Å². The maximum Gasteiger partial charge on any atom is 0.215 e. The first-order chi connectivity index (χ1) is 15.7. The first kappa shape index (κ1) is 19.6. The van der Waals surface area contributed by atoms with E-state index in [4.69, 9.17) is 9.47 Å². The lowest BCUT2D eigenvalue weighted by molar-refractivity contribution is 0.211. The van der Waals surface area contributed by atoms with E-state index in [9.17, 15) is 0 Å². The summed E-state index contributed by atoms with van der Waals surface area (Å²) in [5.41, 5.74) is 2.31. The molecule has 0 saturated carbocycles. The number of ether oxygens (including phenoxy) is 2. The Kier molecular flexibility index (Phi) is 5.14. The fourth-order valence-corrected chi connectivity index (χ4v) is 3.36. The molecule has 0 fully saturated rings. The van der Waals surface area contributed by atoms with Crippen LogP contribution in [0.1, 0.15) is 16.8 Å². The average molecular weight is 424 g/mol. The zero-order chi connectivity index (χ0) is 21.9. The van der Waals surface area contributed by atoms with Gasteiger partial charge in [-0.05, 0) is 25.0 Å². The number of aryl methyl sites for hydroxylation is 1. The Morgan fingerprint density at radius 3 is 2.75 bits per heavy atom. The molecular weight excluding hydrogens is 404 g/mol. The summed E-state index contributed by atoms with van der Waals surface area (Å²) in [4.78, 5) is 17.9. The van der Waals surface area contributed by atoms with Gasteiger partial charge in [0.15, 0.2) is 0 Å². The van der Waals surface area contributed by atoms with Crippen molar-refractivity contribution in [3.63, 3.8) is 0 Å². The smallest absolute Gasteiger partial charge is 0.215 e. The van der Waals surface area contributed by atoms with Crippen LogP contribution in [0.15, 0.2) is 48.9 Å². The molecule has 0 amide bonds. The molecule has 0 aromatic carbocycles. The number of nitrogens with one attached hydrogen (secondary N) is 2. The Morgan fingerprint density at radius 2 is 1.84 bits per heavy atom. The number of pyridine rings is 4. The Hall–Kier alpha value is -4.38. The Labute approximate surface area is 185 Å². The predicted octanol–water partition coefficient (Wildman–Crippen LogP) is 3.68. The van der Waals surface area contributed by atoms with Crippen molar-refractivity contribution in [1.82, 2.24) is 19.9 Å². The molecule has 8 nitrogen and oxygen atoms in total. The number of nitrogens with zero attached hydrogens (tertiary/aromatic N) is 4. The Balaban J connectivity index is 1.67. The lowest BCUT2D eigenvalue weighted by atomic mass is 10.1. The molecular formula is C24H20N6O2. The van der Waals surface area contributed by atoms with Gasteiger partial charge in [-0.1, -0.05) is 12.0 Å². The highest BCUT2D eigenvalue weighted by Gasteiger charge is 2.10. The molecule has 4 aromatic heterocycles. The zero-order valence-corrected chi connectivity index (χ0v) is 17.6. The molecule has 158 valence electrons. The highest BCUT2D eigenvalue weighted by Crippen LogP contribution is 2.27. The van der Waals surface area contributed by atoms with Gasteiger partial charge in [0.25, 0.3) is 0 Å². The number of hydrogen-bond acceptors (Lipinski definition) is 8. The van der Waals surface area contributed by atoms with Gasteiger partial charge in [0.05, 0.1) is 5.56 Å². The van der Waals surface area contributed by atoms with Crippen molar-refractivity contribution in [2.75, 3.05) is 30.9 Å². The molecule has 0 radical (unpaired) electrons. The summed E-state index contributed by atoms with van der Waals surface area (Å²) in [6.45, 7) is 2.67. The van der Waals surface area contributed by atoms with Crippen molar-refractivity contribution in [3.05, 3.63) is 65.7 Å². The van der Waals surface area contributed by atoms with Gasteiger partial charge in [-0.15, -0.1) is 0 Å². The summed E-state index contributed by atoms with van der Waals surface area (Å²) in [5, 5.41) is 8.12. The van der Waals surface area contributed by atoms with E-state index in [-0.39, 0.29) is 0 Å². The van der Waals surface area contributed by atoms with Gasteiger partial charge >= 0.3 is 0 Å². The van der Waals surface area contributed by atoms with E-state index in [2.05, 4.69) is 42.4 Å². The molecule has 0 spiro atoms. The van der Waals surface area contributed by atoms with Gasteiger partial charge in [-0.3, -0.25) is 0 Å². The number of anilines is 3. The van der Waals surface area contributed by atoms with Gasteiger partial charge in [0, 0.05) is 54.1 Å². The van der Waals surface area contributed by atoms with Crippen molar-refractivity contribution in [2.45, 2.75) is 6.92 Å². The molecule has 1 aliphatic heterocycles. The standard InChI is InChI=1S/C24H20N6O2/c1-15-12-26-17-7-6-16-13-28-24(25-2)19-14-27-22(11-18(16)19)29-21-4-3-5-23(30-21)32-9-8-31-20(15)10-17/h3-5,10-14H,8-9H2,1-2H3,(H,25,28)(H,27,29,30). The van der Waals surface area contributed by atoms with E-state index < -0.39 is 0 Å². The summed E-state index contributed by atoms with van der Waals surface area (Å²) in [6, 6.07) is 9.31. The third kappa shape index (κ3) is 3.96. The molecule has 1 aliphatic rings. The third-order valence-electron chi connectivity index (χ3n) is 4.96. The topological polar surface area (TPSA) is 94.1 Å². The van der Waals surface area contributed by atoms with Crippen LogP contribution in [0, 0.1) is 18.8 Å². The molecule has 4 aromatic rings. The van der Waals surface area contributed by atoms with Crippen molar-refractivity contribution in [1.29, 1.82) is 0 Å². The summed E-state index contributed by atoms with van der Waals surface area (Å²) in [6.07, 6.45) is 5.27. The number of rotatable bonds is 1. The van der Waals surface area contributed by atoms with Crippen LogP contribution >= 0.6 is 0 Å².